The lowest BCUT2D eigenvalue weighted by Crippen LogP contribution is -2.03. The first-order chi connectivity index (χ1) is 7.06. The highest BCUT2D eigenvalue weighted by Crippen LogP contribution is 2.31. The third-order valence-electron chi connectivity index (χ3n) is 1.75. The van der Waals surface area contributed by atoms with Gasteiger partial charge in [-0.05, 0) is 13.0 Å². The van der Waals surface area contributed by atoms with Gasteiger partial charge >= 0.3 is 5.69 Å². The highest BCUT2D eigenvalue weighted by molar-refractivity contribution is 6.18. The molecule has 0 unspecified atom stereocenters. The van der Waals surface area contributed by atoms with Crippen molar-refractivity contribution in [2.75, 3.05) is 12.5 Å². The van der Waals surface area contributed by atoms with Crippen LogP contribution in [-0.2, 0) is 0 Å². The van der Waals surface area contributed by atoms with Crippen molar-refractivity contribution in [3.8, 4) is 5.75 Å². The van der Waals surface area contributed by atoms with Crippen molar-refractivity contribution in [2.24, 2.45) is 0 Å². The first-order valence-electron chi connectivity index (χ1n) is 4.19. The predicted molar refractivity (Wildman–Crippen MR) is 54.0 cm³/mol. The van der Waals surface area contributed by atoms with Crippen LogP contribution in [0, 0.1) is 22.9 Å². The first-order valence-corrected chi connectivity index (χ1v) is 4.73. The van der Waals surface area contributed by atoms with E-state index in [0.29, 0.717) is 0 Å². The molecular weight excluding hydrogens is 225 g/mol. The summed E-state index contributed by atoms with van der Waals surface area (Å²) in [7, 11) is 0. The van der Waals surface area contributed by atoms with Crippen LogP contribution in [0.4, 0.5) is 10.1 Å². The summed E-state index contributed by atoms with van der Waals surface area (Å²) in [6, 6.07) is 2.07. The topological polar surface area (TPSA) is 52.4 Å². The fourth-order valence-corrected chi connectivity index (χ4v) is 1.27. The second kappa shape index (κ2) is 4.93. The van der Waals surface area contributed by atoms with Gasteiger partial charge in [-0.3, -0.25) is 10.1 Å². The van der Waals surface area contributed by atoms with Crippen molar-refractivity contribution in [1.29, 1.82) is 0 Å². The molecule has 1 rings (SSSR count). The summed E-state index contributed by atoms with van der Waals surface area (Å²) in [5.41, 5.74) is 0.00564. The molecule has 0 aromatic heterocycles. The molecule has 0 aliphatic carbocycles. The Morgan fingerprint density at radius 1 is 1.60 bits per heavy atom. The summed E-state index contributed by atoms with van der Waals surface area (Å²) in [6.07, 6.45) is 0. The van der Waals surface area contributed by atoms with Crippen LogP contribution >= 0.6 is 11.6 Å². The molecular formula is C9H9ClFNO3. The summed E-state index contributed by atoms with van der Waals surface area (Å²) in [4.78, 5) is 10.1. The van der Waals surface area contributed by atoms with Crippen molar-refractivity contribution < 1.29 is 14.1 Å². The van der Waals surface area contributed by atoms with Gasteiger partial charge in [0.05, 0.1) is 10.8 Å². The number of hydrogen-bond donors (Lipinski definition) is 0. The summed E-state index contributed by atoms with van der Waals surface area (Å²) >= 11 is 5.37. The van der Waals surface area contributed by atoms with E-state index in [1.54, 1.807) is 0 Å². The fourth-order valence-electron chi connectivity index (χ4n) is 1.20. The van der Waals surface area contributed by atoms with Crippen LogP contribution in [0.15, 0.2) is 12.1 Å². The number of hydrogen-bond acceptors (Lipinski definition) is 3. The molecule has 0 atom stereocenters. The van der Waals surface area contributed by atoms with Gasteiger partial charge in [0.25, 0.3) is 0 Å². The Morgan fingerprint density at radius 2 is 2.27 bits per heavy atom. The van der Waals surface area contributed by atoms with Crippen molar-refractivity contribution in [2.45, 2.75) is 6.92 Å². The van der Waals surface area contributed by atoms with Gasteiger partial charge in [-0.1, -0.05) is 0 Å². The Kier molecular flexibility index (Phi) is 3.85. The normalized spacial score (nSPS) is 10.1. The maximum absolute atomic E-state index is 13.0. The number of nitrogens with zero attached hydrogens (tertiary/aromatic N) is 1. The van der Waals surface area contributed by atoms with E-state index < -0.39 is 10.7 Å². The second-order valence-corrected chi connectivity index (χ2v) is 3.24. The van der Waals surface area contributed by atoms with Crippen LogP contribution in [0.25, 0.3) is 0 Å². The number of rotatable bonds is 4. The predicted octanol–water partition coefficient (Wildman–Crippen LogP) is 2.66. The average molecular weight is 234 g/mol. The second-order valence-electron chi connectivity index (χ2n) is 2.86. The highest BCUT2D eigenvalue weighted by atomic mass is 35.5. The van der Waals surface area contributed by atoms with E-state index in [-0.39, 0.29) is 29.5 Å². The minimum absolute atomic E-state index is 0.0850. The monoisotopic (exact) mass is 233 g/mol. The molecule has 0 saturated carbocycles. The standard InChI is InChI=1S/C9H9ClFNO3/c1-6-4-7(11)5-8(15-3-2-10)9(6)12(13)14/h4-5H,2-3H2,1H3. The smallest absolute Gasteiger partial charge is 0.313 e. The molecule has 0 heterocycles. The van der Waals surface area contributed by atoms with E-state index >= 15 is 0 Å². The molecule has 0 bridgehead atoms. The van der Waals surface area contributed by atoms with Gasteiger partial charge in [-0.15, -0.1) is 11.6 Å². The Balaban J connectivity index is 3.14. The molecule has 4 nitrogen and oxygen atoms in total. The number of aryl methyl sites for hydroxylation is 1. The summed E-state index contributed by atoms with van der Waals surface area (Å²) in [5, 5.41) is 10.7. The van der Waals surface area contributed by atoms with Crippen LogP contribution in [0.5, 0.6) is 5.75 Å². The number of benzene rings is 1. The zero-order valence-corrected chi connectivity index (χ0v) is 8.75. The largest absolute Gasteiger partial charge is 0.485 e. The number of nitro groups is 1. The molecule has 0 aliphatic heterocycles. The van der Waals surface area contributed by atoms with Crippen LogP contribution in [0.3, 0.4) is 0 Å². The lowest BCUT2D eigenvalue weighted by molar-refractivity contribution is -0.386. The fraction of sp³-hybridized carbons (Fsp3) is 0.333. The van der Waals surface area contributed by atoms with Crippen LogP contribution in [0.2, 0.25) is 0 Å². The zero-order valence-electron chi connectivity index (χ0n) is 8.00. The molecule has 0 spiro atoms. The molecule has 0 aliphatic rings. The summed E-state index contributed by atoms with van der Waals surface area (Å²) < 4.78 is 18.0. The summed E-state index contributed by atoms with van der Waals surface area (Å²) in [6.45, 7) is 1.56. The highest BCUT2D eigenvalue weighted by Gasteiger charge is 2.20. The Labute approximate surface area is 90.8 Å². The molecule has 15 heavy (non-hydrogen) atoms. The number of ether oxygens (including phenoxy) is 1. The van der Waals surface area contributed by atoms with Gasteiger partial charge in [-0.2, -0.15) is 0 Å². The third-order valence-corrected chi connectivity index (χ3v) is 1.90. The molecule has 6 heteroatoms. The number of nitro benzene ring substituents is 1. The molecule has 0 saturated heterocycles. The van der Waals surface area contributed by atoms with E-state index in [0.717, 1.165) is 12.1 Å². The number of alkyl halides is 1. The van der Waals surface area contributed by atoms with Crippen molar-refractivity contribution >= 4 is 17.3 Å². The quantitative estimate of drug-likeness (QED) is 0.456. The lowest BCUT2D eigenvalue weighted by Gasteiger charge is -2.06. The minimum atomic E-state index is -0.599. The lowest BCUT2D eigenvalue weighted by atomic mass is 10.2. The van der Waals surface area contributed by atoms with Crippen LogP contribution < -0.4 is 4.74 Å². The Hall–Kier alpha value is -1.36. The van der Waals surface area contributed by atoms with E-state index in [4.69, 9.17) is 16.3 Å². The SMILES string of the molecule is Cc1cc(F)cc(OCCCl)c1[N+](=O)[O-]. The molecule has 0 radical (unpaired) electrons. The van der Waals surface area contributed by atoms with E-state index in [1.807, 2.05) is 0 Å². The molecule has 82 valence electrons. The van der Waals surface area contributed by atoms with Crippen molar-refractivity contribution in [3.63, 3.8) is 0 Å². The zero-order chi connectivity index (χ0) is 11.4. The maximum atomic E-state index is 13.0. The van der Waals surface area contributed by atoms with E-state index in [2.05, 4.69) is 0 Å². The molecule has 1 aromatic rings. The molecule has 0 amide bonds. The van der Waals surface area contributed by atoms with Gasteiger partial charge in [-0.25, -0.2) is 4.39 Å². The van der Waals surface area contributed by atoms with Crippen LogP contribution in [-0.4, -0.2) is 17.4 Å². The molecule has 0 N–H and O–H groups in total. The van der Waals surface area contributed by atoms with Gasteiger partial charge in [0.15, 0.2) is 5.75 Å². The van der Waals surface area contributed by atoms with Gasteiger partial charge in [0, 0.05) is 11.6 Å². The molecule has 0 fully saturated rings. The Morgan fingerprint density at radius 3 is 2.80 bits per heavy atom. The average Bonchev–Trinajstić information content (AvgIpc) is 2.12. The maximum Gasteiger partial charge on any atom is 0.313 e. The van der Waals surface area contributed by atoms with Gasteiger partial charge < -0.3 is 4.74 Å². The Bertz CT molecular complexity index is 384. The van der Waals surface area contributed by atoms with Crippen LogP contribution in [0.1, 0.15) is 5.56 Å². The van der Waals surface area contributed by atoms with E-state index in [1.165, 1.54) is 6.92 Å². The van der Waals surface area contributed by atoms with E-state index in [9.17, 15) is 14.5 Å². The van der Waals surface area contributed by atoms with Crippen molar-refractivity contribution in [1.82, 2.24) is 0 Å². The summed E-state index contributed by atoms with van der Waals surface area (Å²) in [5.74, 6) is -0.465. The third kappa shape index (κ3) is 2.79. The van der Waals surface area contributed by atoms with Gasteiger partial charge in [0.1, 0.15) is 12.4 Å². The first kappa shape index (κ1) is 11.7. The number of halogens is 2. The van der Waals surface area contributed by atoms with Gasteiger partial charge in [0.2, 0.25) is 0 Å². The van der Waals surface area contributed by atoms with Crippen molar-refractivity contribution in [3.05, 3.63) is 33.6 Å². The minimum Gasteiger partial charge on any atom is -0.485 e. The molecule has 1 aromatic carbocycles.